The summed E-state index contributed by atoms with van der Waals surface area (Å²) in [6, 6.07) is 14.8. The van der Waals surface area contributed by atoms with Crippen molar-refractivity contribution in [3.8, 4) is 5.75 Å². The van der Waals surface area contributed by atoms with Gasteiger partial charge in [-0.2, -0.15) is 0 Å². The maximum absolute atomic E-state index is 12.0. The molecule has 0 spiro atoms. The monoisotopic (exact) mass is 357 g/mol. The molecule has 2 aromatic rings. The minimum Gasteiger partial charge on any atom is -0.497 e. The molecule has 0 aromatic heterocycles. The number of methoxy groups -OCH3 is 1. The first-order valence-electron chi connectivity index (χ1n) is 6.58. The van der Waals surface area contributed by atoms with Crippen LogP contribution < -0.4 is 4.74 Å². The molecule has 110 valence electrons. The summed E-state index contributed by atoms with van der Waals surface area (Å²) < 4.78 is 11.3. The van der Waals surface area contributed by atoms with Crippen LogP contribution in [0.3, 0.4) is 0 Å². The summed E-state index contributed by atoms with van der Waals surface area (Å²) in [6.45, 7) is 0. The average molecular weight is 358 g/mol. The van der Waals surface area contributed by atoms with Gasteiger partial charge in [-0.15, -0.1) is 0 Å². The molecule has 0 unspecified atom stereocenters. The fourth-order valence-corrected chi connectivity index (χ4v) is 2.46. The van der Waals surface area contributed by atoms with Gasteiger partial charge in [-0.25, -0.2) is 9.79 Å². The summed E-state index contributed by atoms with van der Waals surface area (Å²) in [4.78, 5) is 16.2. The number of ether oxygens (including phenoxy) is 2. The van der Waals surface area contributed by atoms with Gasteiger partial charge in [0.05, 0.1) is 7.11 Å². The molecule has 0 fully saturated rings. The second-order valence-electron chi connectivity index (χ2n) is 4.62. The zero-order valence-corrected chi connectivity index (χ0v) is 13.3. The van der Waals surface area contributed by atoms with Gasteiger partial charge in [0.15, 0.2) is 5.70 Å². The van der Waals surface area contributed by atoms with E-state index in [1.54, 1.807) is 19.3 Å². The molecule has 1 heterocycles. The van der Waals surface area contributed by atoms with Gasteiger partial charge >= 0.3 is 5.97 Å². The standard InChI is InChI=1S/C17H12BrNO3/c1-21-14-7-3-5-12(10-14)16-19-15(17(20)22-16)9-11-4-2-6-13(18)8-11/h2-10H,1H3/b15-9-. The van der Waals surface area contributed by atoms with Gasteiger partial charge in [-0.05, 0) is 42.0 Å². The minimum atomic E-state index is -0.460. The van der Waals surface area contributed by atoms with Gasteiger partial charge in [0.1, 0.15) is 5.75 Å². The van der Waals surface area contributed by atoms with Crippen molar-refractivity contribution in [1.82, 2.24) is 0 Å². The highest BCUT2D eigenvalue weighted by Gasteiger charge is 2.24. The van der Waals surface area contributed by atoms with Gasteiger partial charge in [0.25, 0.3) is 0 Å². The Bertz CT molecular complexity index is 796. The third kappa shape index (κ3) is 3.09. The SMILES string of the molecule is COc1cccc(C2=N/C(=C\c3cccc(Br)c3)C(=O)O2)c1. The van der Waals surface area contributed by atoms with Crippen LogP contribution in [-0.2, 0) is 9.53 Å². The summed E-state index contributed by atoms with van der Waals surface area (Å²) in [5.41, 5.74) is 1.85. The number of rotatable bonds is 3. The predicted molar refractivity (Wildman–Crippen MR) is 87.7 cm³/mol. The molecule has 0 amide bonds. The second-order valence-corrected chi connectivity index (χ2v) is 5.54. The van der Waals surface area contributed by atoms with E-state index in [4.69, 9.17) is 9.47 Å². The van der Waals surface area contributed by atoms with E-state index < -0.39 is 5.97 Å². The van der Waals surface area contributed by atoms with E-state index in [9.17, 15) is 4.79 Å². The number of hydrogen-bond donors (Lipinski definition) is 0. The second kappa shape index (κ2) is 6.15. The Hall–Kier alpha value is -2.40. The molecule has 5 heteroatoms. The molecule has 0 bridgehead atoms. The number of hydrogen-bond acceptors (Lipinski definition) is 4. The third-order valence-corrected chi connectivity index (χ3v) is 3.58. The summed E-state index contributed by atoms with van der Waals surface area (Å²) in [7, 11) is 1.58. The highest BCUT2D eigenvalue weighted by Crippen LogP contribution is 2.22. The molecule has 22 heavy (non-hydrogen) atoms. The molecule has 1 aliphatic heterocycles. The van der Waals surface area contributed by atoms with Crippen LogP contribution >= 0.6 is 15.9 Å². The molecule has 3 rings (SSSR count). The Morgan fingerprint density at radius 2 is 2.00 bits per heavy atom. The maximum atomic E-state index is 12.0. The molecule has 0 saturated carbocycles. The number of cyclic esters (lactones) is 1. The van der Waals surface area contributed by atoms with Crippen LogP contribution in [0.1, 0.15) is 11.1 Å². The molecule has 0 atom stereocenters. The van der Waals surface area contributed by atoms with Crippen LogP contribution in [0.5, 0.6) is 5.75 Å². The number of esters is 1. The Morgan fingerprint density at radius 3 is 2.77 bits per heavy atom. The number of nitrogens with zero attached hydrogens (tertiary/aromatic N) is 1. The third-order valence-electron chi connectivity index (χ3n) is 3.09. The fraction of sp³-hybridized carbons (Fsp3) is 0.0588. The maximum Gasteiger partial charge on any atom is 0.363 e. The van der Waals surface area contributed by atoms with Crippen LogP contribution in [0.4, 0.5) is 0 Å². The van der Waals surface area contributed by atoms with Crippen molar-refractivity contribution in [3.63, 3.8) is 0 Å². The van der Waals surface area contributed by atoms with E-state index in [0.29, 0.717) is 11.3 Å². The van der Waals surface area contributed by atoms with Crippen molar-refractivity contribution in [2.45, 2.75) is 0 Å². The molecule has 1 aliphatic rings. The number of benzene rings is 2. The van der Waals surface area contributed by atoms with Crippen molar-refractivity contribution < 1.29 is 14.3 Å². The first-order valence-corrected chi connectivity index (χ1v) is 7.37. The van der Waals surface area contributed by atoms with E-state index in [0.717, 1.165) is 10.0 Å². The molecule has 0 N–H and O–H groups in total. The fourth-order valence-electron chi connectivity index (χ4n) is 2.04. The molecule has 0 aliphatic carbocycles. The molecular formula is C17H12BrNO3. The van der Waals surface area contributed by atoms with Crippen LogP contribution in [0.2, 0.25) is 0 Å². The van der Waals surface area contributed by atoms with E-state index in [1.807, 2.05) is 42.5 Å². The lowest BCUT2D eigenvalue weighted by molar-refractivity contribution is -0.129. The van der Waals surface area contributed by atoms with E-state index in [2.05, 4.69) is 20.9 Å². The normalized spacial score (nSPS) is 15.6. The van der Waals surface area contributed by atoms with Crippen molar-refractivity contribution in [1.29, 1.82) is 0 Å². The number of carbonyl (C=O) groups is 1. The van der Waals surface area contributed by atoms with Crippen molar-refractivity contribution in [2.24, 2.45) is 4.99 Å². The van der Waals surface area contributed by atoms with Gasteiger partial charge in [0, 0.05) is 10.0 Å². The highest BCUT2D eigenvalue weighted by molar-refractivity contribution is 9.10. The van der Waals surface area contributed by atoms with Gasteiger partial charge < -0.3 is 9.47 Å². The topological polar surface area (TPSA) is 47.9 Å². The molecular weight excluding hydrogens is 346 g/mol. The van der Waals surface area contributed by atoms with Crippen LogP contribution in [0.25, 0.3) is 6.08 Å². The Labute approximate surface area is 136 Å². The predicted octanol–water partition coefficient (Wildman–Crippen LogP) is 3.80. The Morgan fingerprint density at radius 1 is 1.18 bits per heavy atom. The smallest absolute Gasteiger partial charge is 0.363 e. The Balaban J connectivity index is 1.94. The largest absolute Gasteiger partial charge is 0.497 e. The van der Waals surface area contributed by atoms with Crippen molar-refractivity contribution >= 4 is 33.9 Å². The first-order chi connectivity index (χ1) is 10.7. The van der Waals surface area contributed by atoms with Crippen LogP contribution in [0.15, 0.2) is 63.7 Å². The highest BCUT2D eigenvalue weighted by atomic mass is 79.9. The number of halogens is 1. The van der Waals surface area contributed by atoms with Crippen molar-refractivity contribution in [2.75, 3.05) is 7.11 Å². The minimum absolute atomic E-state index is 0.274. The van der Waals surface area contributed by atoms with Gasteiger partial charge in [-0.1, -0.05) is 34.1 Å². The van der Waals surface area contributed by atoms with Crippen LogP contribution in [-0.4, -0.2) is 19.0 Å². The quantitative estimate of drug-likeness (QED) is 0.619. The molecule has 0 radical (unpaired) electrons. The van der Waals surface area contributed by atoms with E-state index in [-0.39, 0.29) is 11.6 Å². The molecule has 2 aromatic carbocycles. The summed E-state index contributed by atoms with van der Waals surface area (Å²) >= 11 is 3.40. The number of carbonyl (C=O) groups excluding carboxylic acids is 1. The lowest BCUT2D eigenvalue weighted by Crippen LogP contribution is -2.05. The van der Waals surface area contributed by atoms with Crippen molar-refractivity contribution in [3.05, 3.63) is 69.8 Å². The lowest BCUT2D eigenvalue weighted by Gasteiger charge is -2.02. The Kier molecular flexibility index (Phi) is 4.06. The zero-order chi connectivity index (χ0) is 15.5. The number of aliphatic imine (C=N–C) groups is 1. The van der Waals surface area contributed by atoms with Crippen LogP contribution in [0, 0.1) is 0 Å². The average Bonchev–Trinajstić information content (AvgIpc) is 2.88. The first kappa shape index (κ1) is 14.5. The lowest BCUT2D eigenvalue weighted by atomic mass is 10.2. The summed E-state index contributed by atoms with van der Waals surface area (Å²) in [5, 5.41) is 0. The molecule has 4 nitrogen and oxygen atoms in total. The molecule has 0 saturated heterocycles. The summed E-state index contributed by atoms with van der Waals surface area (Å²) in [6.07, 6.45) is 1.69. The zero-order valence-electron chi connectivity index (χ0n) is 11.7. The van der Waals surface area contributed by atoms with Gasteiger partial charge in [-0.3, -0.25) is 0 Å². The summed E-state index contributed by atoms with van der Waals surface area (Å²) in [5.74, 6) is 0.503. The van der Waals surface area contributed by atoms with E-state index >= 15 is 0 Å². The van der Waals surface area contributed by atoms with Gasteiger partial charge in [0.2, 0.25) is 5.90 Å². The van der Waals surface area contributed by atoms with E-state index in [1.165, 1.54) is 0 Å².